The predicted octanol–water partition coefficient (Wildman–Crippen LogP) is 2.04. The lowest BCUT2D eigenvalue weighted by Gasteiger charge is -2.07. The second-order valence-electron chi connectivity index (χ2n) is 4.36. The summed E-state index contributed by atoms with van der Waals surface area (Å²) in [5.41, 5.74) is 0.724. The van der Waals surface area contributed by atoms with Crippen molar-refractivity contribution >= 4 is 5.97 Å². The molecular weight excluding hydrogens is 211 g/mol. The molecule has 0 amide bonds. The first kappa shape index (κ1) is 9.63. The number of halogens is 1. The van der Waals surface area contributed by atoms with E-state index in [1.165, 1.54) is 19.2 Å². The molecule has 1 heterocycles. The number of fused-ring (bicyclic) bond motifs is 2. The molecule has 3 rings (SSSR count). The molecule has 1 aliphatic carbocycles. The van der Waals surface area contributed by atoms with Gasteiger partial charge in [-0.2, -0.15) is 0 Å². The van der Waals surface area contributed by atoms with Gasteiger partial charge in [0.15, 0.2) is 0 Å². The van der Waals surface area contributed by atoms with E-state index in [9.17, 15) is 9.18 Å². The van der Waals surface area contributed by atoms with Gasteiger partial charge in [0.25, 0.3) is 0 Å². The average molecular weight is 222 g/mol. The van der Waals surface area contributed by atoms with Gasteiger partial charge in [-0.3, -0.25) is 0 Å². The van der Waals surface area contributed by atoms with Gasteiger partial charge in [0, 0.05) is 11.0 Å². The van der Waals surface area contributed by atoms with Crippen molar-refractivity contribution in [3.63, 3.8) is 0 Å². The van der Waals surface area contributed by atoms with Crippen molar-refractivity contribution in [1.29, 1.82) is 0 Å². The van der Waals surface area contributed by atoms with Crippen LogP contribution in [0.4, 0.5) is 4.39 Å². The molecule has 84 valence electrons. The largest absolute Gasteiger partial charge is 0.491 e. The summed E-state index contributed by atoms with van der Waals surface area (Å²) in [6, 6.07) is 2.74. The highest BCUT2D eigenvalue weighted by Gasteiger charge is 2.53. The van der Waals surface area contributed by atoms with Gasteiger partial charge in [-0.25, -0.2) is 9.18 Å². The van der Waals surface area contributed by atoms with E-state index in [1.54, 1.807) is 0 Å². The summed E-state index contributed by atoms with van der Waals surface area (Å²) in [6.07, 6.45) is 1.86. The van der Waals surface area contributed by atoms with Crippen LogP contribution in [-0.4, -0.2) is 19.7 Å². The Bertz CT molecular complexity index is 477. The highest BCUT2D eigenvalue weighted by atomic mass is 19.1. The van der Waals surface area contributed by atoms with Gasteiger partial charge in [0.2, 0.25) is 0 Å². The average Bonchev–Trinajstić information content (AvgIpc) is 2.95. The minimum absolute atomic E-state index is 0.163. The second kappa shape index (κ2) is 2.97. The molecule has 1 spiro atoms. The fourth-order valence-corrected chi connectivity index (χ4v) is 2.30. The van der Waals surface area contributed by atoms with Crippen molar-refractivity contribution in [2.24, 2.45) is 0 Å². The first-order valence-electron chi connectivity index (χ1n) is 5.22. The molecule has 1 aromatic rings. The Morgan fingerprint density at radius 2 is 2.25 bits per heavy atom. The van der Waals surface area contributed by atoms with Gasteiger partial charge in [-0.05, 0) is 25.0 Å². The van der Waals surface area contributed by atoms with Gasteiger partial charge < -0.3 is 9.47 Å². The third-order valence-electron chi connectivity index (χ3n) is 3.39. The Kier molecular flexibility index (Phi) is 1.79. The van der Waals surface area contributed by atoms with E-state index in [0.717, 1.165) is 12.8 Å². The summed E-state index contributed by atoms with van der Waals surface area (Å²) >= 11 is 0. The van der Waals surface area contributed by atoms with E-state index in [-0.39, 0.29) is 11.2 Å². The fraction of sp³-hybridized carbons (Fsp3) is 0.417. The lowest BCUT2D eigenvalue weighted by atomic mass is 9.96. The van der Waals surface area contributed by atoms with Crippen LogP contribution in [0.2, 0.25) is 0 Å². The summed E-state index contributed by atoms with van der Waals surface area (Å²) in [7, 11) is 1.31. The Hall–Kier alpha value is -1.58. The third-order valence-corrected chi connectivity index (χ3v) is 3.39. The van der Waals surface area contributed by atoms with Crippen LogP contribution >= 0.6 is 0 Å². The SMILES string of the molecule is COC(=O)c1ccc(F)c2c1OCC21CC1. The van der Waals surface area contributed by atoms with Crippen molar-refractivity contribution in [1.82, 2.24) is 0 Å². The number of esters is 1. The number of ether oxygens (including phenoxy) is 2. The maximum atomic E-state index is 13.7. The van der Waals surface area contributed by atoms with Crippen molar-refractivity contribution in [2.75, 3.05) is 13.7 Å². The predicted molar refractivity (Wildman–Crippen MR) is 54.1 cm³/mol. The lowest BCUT2D eigenvalue weighted by Crippen LogP contribution is -2.08. The zero-order valence-corrected chi connectivity index (χ0v) is 8.88. The van der Waals surface area contributed by atoms with Crippen LogP contribution in [0.5, 0.6) is 5.75 Å². The molecule has 0 N–H and O–H groups in total. The van der Waals surface area contributed by atoms with Crippen molar-refractivity contribution in [3.8, 4) is 5.75 Å². The summed E-state index contributed by atoms with van der Waals surface area (Å²) in [5.74, 6) is -0.379. The molecule has 1 aromatic carbocycles. The zero-order chi connectivity index (χ0) is 11.3. The van der Waals surface area contributed by atoms with Crippen molar-refractivity contribution < 1.29 is 18.7 Å². The van der Waals surface area contributed by atoms with E-state index >= 15 is 0 Å². The standard InChI is InChI=1S/C12H11FO3/c1-15-11(14)7-2-3-8(13)9-10(7)16-6-12(9)4-5-12/h2-3H,4-6H2,1H3. The number of carbonyl (C=O) groups is 1. The van der Waals surface area contributed by atoms with E-state index in [0.29, 0.717) is 23.5 Å². The first-order chi connectivity index (χ1) is 7.68. The zero-order valence-electron chi connectivity index (χ0n) is 8.88. The summed E-state index contributed by atoms with van der Waals surface area (Å²) < 4.78 is 23.9. The molecule has 0 atom stereocenters. The maximum absolute atomic E-state index is 13.7. The summed E-state index contributed by atoms with van der Waals surface area (Å²) in [5, 5.41) is 0. The van der Waals surface area contributed by atoms with Gasteiger partial charge >= 0.3 is 5.97 Å². The molecule has 0 bridgehead atoms. The van der Waals surface area contributed by atoms with Crippen LogP contribution < -0.4 is 4.74 Å². The minimum Gasteiger partial charge on any atom is -0.491 e. The molecule has 16 heavy (non-hydrogen) atoms. The molecule has 1 fully saturated rings. The fourth-order valence-electron chi connectivity index (χ4n) is 2.30. The Balaban J connectivity index is 2.18. The number of hydrogen-bond acceptors (Lipinski definition) is 3. The Labute approximate surface area is 92.2 Å². The van der Waals surface area contributed by atoms with Crippen LogP contribution in [0.15, 0.2) is 12.1 Å². The van der Waals surface area contributed by atoms with Crippen LogP contribution in [0.3, 0.4) is 0 Å². The van der Waals surface area contributed by atoms with Crippen LogP contribution in [0.25, 0.3) is 0 Å². The van der Waals surface area contributed by atoms with Crippen LogP contribution in [0, 0.1) is 5.82 Å². The molecule has 0 radical (unpaired) electrons. The molecule has 0 unspecified atom stereocenters. The van der Waals surface area contributed by atoms with Crippen molar-refractivity contribution in [2.45, 2.75) is 18.3 Å². The smallest absolute Gasteiger partial charge is 0.341 e. The molecule has 2 aliphatic rings. The quantitative estimate of drug-likeness (QED) is 0.682. The number of carbonyl (C=O) groups excluding carboxylic acids is 1. The molecular formula is C12H11FO3. The molecule has 0 saturated heterocycles. The molecule has 1 saturated carbocycles. The topological polar surface area (TPSA) is 35.5 Å². The van der Waals surface area contributed by atoms with Gasteiger partial charge in [0.05, 0.1) is 13.7 Å². The first-order valence-corrected chi connectivity index (χ1v) is 5.22. The number of benzene rings is 1. The molecule has 1 aliphatic heterocycles. The summed E-state index contributed by atoms with van der Waals surface area (Å²) in [6.45, 7) is 0.479. The van der Waals surface area contributed by atoms with Crippen LogP contribution in [-0.2, 0) is 10.2 Å². The van der Waals surface area contributed by atoms with E-state index in [4.69, 9.17) is 4.74 Å². The monoisotopic (exact) mass is 222 g/mol. The second-order valence-corrected chi connectivity index (χ2v) is 4.36. The van der Waals surface area contributed by atoms with E-state index in [2.05, 4.69) is 4.74 Å². The number of rotatable bonds is 1. The number of hydrogen-bond donors (Lipinski definition) is 0. The van der Waals surface area contributed by atoms with Crippen LogP contribution in [0.1, 0.15) is 28.8 Å². The van der Waals surface area contributed by atoms with Gasteiger partial charge in [-0.1, -0.05) is 0 Å². The highest BCUT2D eigenvalue weighted by molar-refractivity contribution is 5.93. The molecule has 0 aromatic heterocycles. The highest BCUT2D eigenvalue weighted by Crippen LogP contribution is 2.57. The Morgan fingerprint density at radius 1 is 1.50 bits per heavy atom. The summed E-state index contributed by atoms with van der Waals surface area (Å²) in [4.78, 5) is 11.5. The normalized spacial score (nSPS) is 19.1. The number of methoxy groups -OCH3 is 1. The maximum Gasteiger partial charge on any atom is 0.341 e. The van der Waals surface area contributed by atoms with Gasteiger partial charge in [-0.15, -0.1) is 0 Å². The minimum atomic E-state index is -0.478. The van der Waals surface area contributed by atoms with E-state index in [1.807, 2.05) is 0 Å². The van der Waals surface area contributed by atoms with E-state index < -0.39 is 5.97 Å². The molecule has 4 heteroatoms. The van der Waals surface area contributed by atoms with Crippen molar-refractivity contribution in [3.05, 3.63) is 29.1 Å². The lowest BCUT2D eigenvalue weighted by molar-refractivity contribution is 0.0597. The Morgan fingerprint density at radius 3 is 2.88 bits per heavy atom. The molecule has 3 nitrogen and oxygen atoms in total. The van der Waals surface area contributed by atoms with Gasteiger partial charge in [0.1, 0.15) is 17.1 Å². The third kappa shape index (κ3) is 1.10.